The van der Waals surface area contributed by atoms with Crippen LogP contribution in [0, 0.1) is 17.0 Å². The lowest BCUT2D eigenvalue weighted by molar-refractivity contribution is -0.384. The van der Waals surface area contributed by atoms with Crippen molar-refractivity contribution in [1.29, 1.82) is 0 Å². The average Bonchev–Trinajstić information content (AvgIpc) is 3.54. The molecule has 38 heavy (non-hydrogen) atoms. The first-order valence-corrected chi connectivity index (χ1v) is 12.5. The number of nitrogens with one attached hydrogen (secondary N) is 2. The van der Waals surface area contributed by atoms with Gasteiger partial charge in [-0.15, -0.1) is 0 Å². The van der Waals surface area contributed by atoms with Gasteiger partial charge in [0, 0.05) is 30.1 Å². The van der Waals surface area contributed by atoms with Gasteiger partial charge < -0.3 is 20.0 Å². The molecule has 0 bridgehead atoms. The van der Waals surface area contributed by atoms with E-state index in [0.717, 1.165) is 22.6 Å². The Morgan fingerprint density at radius 3 is 2.66 bits per heavy atom. The molecule has 1 fully saturated rings. The quantitative estimate of drug-likeness (QED) is 0.169. The van der Waals surface area contributed by atoms with E-state index < -0.39 is 11.0 Å². The predicted octanol–water partition coefficient (Wildman–Crippen LogP) is 6.08. The van der Waals surface area contributed by atoms with Gasteiger partial charge in [-0.3, -0.25) is 19.9 Å². The second kappa shape index (κ2) is 10.4. The fraction of sp³-hybridized carbons (Fsp3) is 0.179. The third kappa shape index (κ3) is 4.73. The Balaban J connectivity index is 1.58. The molecule has 2 atom stereocenters. The summed E-state index contributed by atoms with van der Waals surface area (Å²) >= 11 is 5.78. The van der Waals surface area contributed by atoms with Crippen molar-refractivity contribution < 1.29 is 14.1 Å². The van der Waals surface area contributed by atoms with E-state index in [0.29, 0.717) is 28.6 Å². The van der Waals surface area contributed by atoms with Crippen LogP contribution < -0.4 is 15.5 Å². The zero-order chi connectivity index (χ0) is 26.8. The first-order chi connectivity index (χ1) is 18.4. The number of pyridine rings is 1. The van der Waals surface area contributed by atoms with Crippen molar-refractivity contribution in [3.8, 4) is 11.3 Å². The standard InChI is InChI=1S/C28H25N5O4S/c1-3-25(34)30-20-12-11-18(16-17(20)2)32-27(26(31-28(32)38)21-9-6-7-15-29-21)24-14-13-23(37-24)19-8-4-5-10-22(19)33(35)36/h4-16,26-27H,3H2,1-2H3,(H,30,34)(H,31,38)/t26-,27-/m0/s1. The molecule has 0 saturated carbocycles. The Labute approximate surface area is 224 Å². The van der Waals surface area contributed by atoms with E-state index in [1.54, 1.807) is 37.4 Å². The van der Waals surface area contributed by atoms with Crippen molar-refractivity contribution in [3.63, 3.8) is 0 Å². The number of rotatable bonds is 7. The number of hydrogen-bond donors (Lipinski definition) is 2. The molecule has 4 aromatic rings. The van der Waals surface area contributed by atoms with Gasteiger partial charge in [-0.25, -0.2) is 0 Å². The van der Waals surface area contributed by atoms with E-state index in [4.69, 9.17) is 16.6 Å². The molecule has 1 amide bonds. The molecule has 0 aliphatic carbocycles. The molecule has 2 aromatic heterocycles. The first-order valence-electron chi connectivity index (χ1n) is 12.1. The highest BCUT2D eigenvalue weighted by molar-refractivity contribution is 7.80. The van der Waals surface area contributed by atoms with Gasteiger partial charge in [-0.05, 0) is 73.2 Å². The molecular formula is C28H25N5O4S. The van der Waals surface area contributed by atoms with Gasteiger partial charge in [-0.2, -0.15) is 0 Å². The molecule has 0 radical (unpaired) electrons. The number of benzene rings is 2. The Hall–Kier alpha value is -4.57. The van der Waals surface area contributed by atoms with Crippen LogP contribution in [0.2, 0.25) is 0 Å². The second-order valence-corrected chi connectivity index (χ2v) is 9.26. The molecule has 1 saturated heterocycles. The first kappa shape index (κ1) is 25.1. The summed E-state index contributed by atoms with van der Waals surface area (Å²) in [5.74, 6) is 0.895. The minimum absolute atomic E-state index is 0.0352. The SMILES string of the molecule is CCC(=O)Nc1ccc(N2C(=S)N[C@@H](c3ccccn3)[C@@H]2c2ccc(-c3ccccc3[N+](=O)[O-])o2)cc1C. The Bertz CT molecular complexity index is 1520. The fourth-order valence-corrected chi connectivity index (χ4v) is 4.94. The second-order valence-electron chi connectivity index (χ2n) is 8.87. The number of aryl methyl sites for hydroxylation is 1. The highest BCUT2D eigenvalue weighted by Gasteiger charge is 2.42. The van der Waals surface area contributed by atoms with Crippen LogP contribution >= 0.6 is 12.2 Å². The molecule has 1 aliphatic rings. The minimum atomic E-state index is -0.426. The van der Waals surface area contributed by atoms with Crippen LogP contribution in [0.15, 0.2) is 83.4 Å². The number of para-hydroxylation sites is 1. The Morgan fingerprint density at radius 2 is 1.95 bits per heavy atom. The van der Waals surface area contributed by atoms with Crippen molar-refractivity contribution in [3.05, 3.63) is 106 Å². The van der Waals surface area contributed by atoms with Crippen molar-refractivity contribution in [1.82, 2.24) is 10.3 Å². The van der Waals surface area contributed by atoms with E-state index in [1.807, 2.05) is 54.3 Å². The Morgan fingerprint density at radius 1 is 1.16 bits per heavy atom. The van der Waals surface area contributed by atoms with Gasteiger partial charge in [0.25, 0.3) is 5.69 Å². The van der Waals surface area contributed by atoms with E-state index in [2.05, 4.69) is 15.6 Å². The summed E-state index contributed by atoms with van der Waals surface area (Å²) in [6.45, 7) is 3.73. The van der Waals surface area contributed by atoms with E-state index in [-0.39, 0.29) is 17.6 Å². The molecule has 0 spiro atoms. The van der Waals surface area contributed by atoms with E-state index in [1.165, 1.54) is 6.07 Å². The molecule has 0 unspecified atom stereocenters. The molecule has 1 aliphatic heterocycles. The van der Waals surface area contributed by atoms with E-state index in [9.17, 15) is 14.9 Å². The van der Waals surface area contributed by atoms with Crippen LogP contribution in [0.25, 0.3) is 11.3 Å². The van der Waals surface area contributed by atoms with Crippen LogP contribution in [0.1, 0.15) is 42.4 Å². The summed E-state index contributed by atoms with van der Waals surface area (Å²) in [7, 11) is 0. The number of thiocarbonyl (C=S) groups is 1. The summed E-state index contributed by atoms with van der Waals surface area (Å²) in [6.07, 6.45) is 2.10. The largest absolute Gasteiger partial charge is 0.459 e. The molecule has 192 valence electrons. The molecular weight excluding hydrogens is 502 g/mol. The fourth-order valence-electron chi connectivity index (χ4n) is 4.60. The number of nitro groups is 1. The average molecular weight is 528 g/mol. The zero-order valence-electron chi connectivity index (χ0n) is 20.8. The smallest absolute Gasteiger partial charge is 0.280 e. The molecule has 9 nitrogen and oxygen atoms in total. The summed E-state index contributed by atoms with van der Waals surface area (Å²) in [5, 5.41) is 18.4. The summed E-state index contributed by atoms with van der Waals surface area (Å²) < 4.78 is 6.29. The monoisotopic (exact) mass is 527 g/mol. The van der Waals surface area contributed by atoms with Crippen molar-refractivity contribution >= 4 is 40.3 Å². The van der Waals surface area contributed by atoms with Crippen LogP contribution in [0.5, 0.6) is 0 Å². The van der Waals surface area contributed by atoms with Crippen molar-refractivity contribution in [2.75, 3.05) is 10.2 Å². The normalized spacial score (nSPS) is 16.8. The van der Waals surface area contributed by atoms with Crippen LogP contribution in [-0.4, -0.2) is 20.9 Å². The van der Waals surface area contributed by atoms with Gasteiger partial charge >= 0.3 is 0 Å². The van der Waals surface area contributed by atoms with Gasteiger partial charge in [0.05, 0.1) is 22.2 Å². The lowest BCUT2D eigenvalue weighted by Gasteiger charge is -2.26. The van der Waals surface area contributed by atoms with Crippen LogP contribution in [-0.2, 0) is 4.79 Å². The maximum absolute atomic E-state index is 11.9. The molecule has 5 rings (SSSR count). The number of nitro benzene ring substituents is 1. The predicted molar refractivity (Wildman–Crippen MR) is 149 cm³/mol. The van der Waals surface area contributed by atoms with Crippen LogP contribution in [0.3, 0.4) is 0 Å². The molecule has 3 heterocycles. The molecule has 2 N–H and O–H groups in total. The van der Waals surface area contributed by atoms with E-state index >= 15 is 0 Å². The third-order valence-electron chi connectivity index (χ3n) is 6.47. The Kier molecular flexibility index (Phi) is 6.89. The molecule has 10 heteroatoms. The van der Waals surface area contributed by atoms with Crippen LogP contribution in [0.4, 0.5) is 17.1 Å². The maximum Gasteiger partial charge on any atom is 0.280 e. The number of aromatic nitrogens is 1. The zero-order valence-corrected chi connectivity index (χ0v) is 21.6. The van der Waals surface area contributed by atoms with Gasteiger partial charge in [0.15, 0.2) is 5.11 Å². The third-order valence-corrected chi connectivity index (χ3v) is 6.78. The number of carbonyl (C=O) groups excluding carboxylic acids is 1. The number of hydrogen-bond acceptors (Lipinski definition) is 6. The number of anilines is 2. The number of amides is 1. The minimum Gasteiger partial charge on any atom is -0.459 e. The topological polar surface area (TPSA) is 114 Å². The molecule has 2 aromatic carbocycles. The highest BCUT2D eigenvalue weighted by Crippen LogP contribution is 2.44. The number of furan rings is 1. The van der Waals surface area contributed by atoms with Gasteiger partial charge in [0.1, 0.15) is 17.6 Å². The van der Waals surface area contributed by atoms with Crippen molar-refractivity contribution in [2.24, 2.45) is 0 Å². The number of nitrogens with zero attached hydrogens (tertiary/aromatic N) is 3. The lowest BCUT2D eigenvalue weighted by atomic mass is 10.0. The lowest BCUT2D eigenvalue weighted by Crippen LogP contribution is -2.29. The number of carbonyl (C=O) groups is 1. The maximum atomic E-state index is 11.9. The highest BCUT2D eigenvalue weighted by atomic mass is 32.1. The van der Waals surface area contributed by atoms with Gasteiger partial charge in [0.2, 0.25) is 5.91 Å². The summed E-state index contributed by atoms with van der Waals surface area (Å²) in [6, 6.07) is 20.6. The van der Waals surface area contributed by atoms with Gasteiger partial charge in [-0.1, -0.05) is 25.1 Å². The summed E-state index contributed by atoms with van der Waals surface area (Å²) in [5.41, 5.74) is 3.55. The summed E-state index contributed by atoms with van der Waals surface area (Å²) in [4.78, 5) is 29.6. The van der Waals surface area contributed by atoms with Crippen molar-refractivity contribution in [2.45, 2.75) is 32.4 Å².